The number of hydrogen-bond donors (Lipinski definition) is 1. The predicted octanol–water partition coefficient (Wildman–Crippen LogP) is 3.05. The highest BCUT2D eigenvalue weighted by molar-refractivity contribution is 6.30. The lowest BCUT2D eigenvalue weighted by Gasteiger charge is -2.35. The van der Waals surface area contributed by atoms with Crippen molar-refractivity contribution in [1.82, 2.24) is 0 Å². The van der Waals surface area contributed by atoms with Gasteiger partial charge < -0.3 is 10.6 Å². The van der Waals surface area contributed by atoms with Crippen LogP contribution in [0.25, 0.3) is 0 Å². The first-order chi connectivity index (χ1) is 7.66. The van der Waals surface area contributed by atoms with Crippen LogP contribution >= 0.6 is 11.6 Å². The van der Waals surface area contributed by atoms with Crippen LogP contribution in [0.3, 0.4) is 0 Å². The first-order valence-electron chi connectivity index (χ1n) is 5.91. The maximum Gasteiger partial charge on any atom is 0.0426 e. The lowest BCUT2D eigenvalue weighted by Crippen LogP contribution is -2.38. The summed E-state index contributed by atoms with van der Waals surface area (Å²) in [6.07, 6.45) is 4.64. The summed E-state index contributed by atoms with van der Waals surface area (Å²) in [5.41, 5.74) is 7.12. The standard InChI is InChI=1S/C13H19ClN2/c1-16(12-7-5-11(15)6-8-12)13-4-2-3-10(14)9-13/h2-4,9,11-12H,5-8,15H2,1H3. The van der Waals surface area contributed by atoms with Gasteiger partial charge in [-0.05, 0) is 43.9 Å². The molecule has 16 heavy (non-hydrogen) atoms. The van der Waals surface area contributed by atoms with Gasteiger partial charge in [-0.25, -0.2) is 0 Å². The molecule has 0 saturated heterocycles. The minimum absolute atomic E-state index is 0.406. The Kier molecular flexibility index (Phi) is 3.72. The molecule has 0 aliphatic heterocycles. The molecule has 0 amide bonds. The van der Waals surface area contributed by atoms with Crippen molar-refractivity contribution in [2.75, 3.05) is 11.9 Å². The van der Waals surface area contributed by atoms with Crippen LogP contribution in [0.2, 0.25) is 5.02 Å². The summed E-state index contributed by atoms with van der Waals surface area (Å²) in [5, 5.41) is 0.803. The van der Waals surface area contributed by atoms with Crippen molar-refractivity contribution >= 4 is 17.3 Å². The van der Waals surface area contributed by atoms with Crippen molar-refractivity contribution < 1.29 is 0 Å². The number of nitrogens with two attached hydrogens (primary N) is 1. The van der Waals surface area contributed by atoms with E-state index in [9.17, 15) is 0 Å². The second kappa shape index (κ2) is 5.07. The highest BCUT2D eigenvalue weighted by atomic mass is 35.5. The molecule has 1 saturated carbocycles. The second-order valence-corrected chi connectivity index (χ2v) is 5.10. The lowest BCUT2D eigenvalue weighted by molar-refractivity contribution is 0.385. The van der Waals surface area contributed by atoms with Crippen LogP contribution in [0.5, 0.6) is 0 Å². The zero-order valence-corrected chi connectivity index (χ0v) is 10.5. The summed E-state index contributed by atoms with van der Waals surface area (Å²) < 4.78 is 0. The van der Waals surface area contributed by atoms with Gasteiger partial charge in [-0.3, -0.25) is 0 Å². The first kappa shape index (κ1) is 11.7. The summed E-state index contributed by atoms with van der Waals surface area (Å²) in [6, 6.07) is 9.07. The van der Waals surface area contributed by atoms with Crippen LogP contribution in [-0.2, 0) is 0 Å². The fraction of sp³-hybridized carbons (Fsp3) is 0.538. The maximum atomic E-state index is 6.00. The van der Waals surface area contributed by atoms with Crippen LogP contribution in [0.15, 0.2) is 24.3 Å². The molecule has 2 nitrogen and oxygen atoms in total. The molecule has 2 rings (SSSR count). The fourth-order valence-electron chi connectivity index (χ4n) is 2.40. The van der Waals surface area contributed by atoms with Crippen LogP contribution in [0.1, 0.15) is 25.7 Å². The molecule has 0 aromatic heterocycles. The van der Waals surface area contributed by atoms with Gasteiger partial charge in [0.05, 0.1) is 0 Å². The zero-order chi connectivity index (χ0) is 11.5. The third-order valence-electron chi connectivity index (χ3n) is 3.50. The average Bonchev–Trinajstić information content (AvgIpc) is 2.29. The van der Waals surface area contributed by atoms with Crippen LogP contribution in [-0.4, -0.2) is 19.1 Å². The van der Waals surface area contributed by atoms with E-state index in [0.29, 0.717) is 12.1 Å². The number of nitrogens with zero attached hydrogens (tertiary/aromatic N) is 1. The Bertz CT molecular complexity index is 346. The Morgan fingerprint density at radius 2 is 1.94 bits per heavy atom. The van der Waals surface area contributed by atoms with Crippen LogP contribution < -0.4 is 10.6 Å². The molecule has 1 aromatic carbocycles. The Morgan fingerprint density at radius 3 is 2.56 bits per heavy atom. The van der Waals surface area contributed by atoms with Crippen molar-refractivity contribution in [3.8, 4) is 0 Å². The van der Waals surface area contributed by atoms with Gasteiger partial charge in [-0.15, -0.1) is 0 Å². The van der Waals surface area contributed by atoms with Gasteiger partial charge in [0.15, 0.2) is 0 Å². The summed E-state index contributed by atoms with van der Waals surface area (Å²) in [4.78, 5) is 2.33. The SMILES string of the molecule is CN(c1cccc(Cl)c1)C1CCC(N)CC1. The molecule has 2 N–H and O–H groups in total. The van der Waals surface area contributed by atoms with Crippen LogP contribution in [0.4, 0.5) is 5.69 Å². The largest absolute Gasteiger partial charge is 0.372 e. The average molecular weight is 239 g/mol. The smallest absolute Gasteiger partial charge is 0.0426 e. The molecular formula is C13H19ClN2. The number of hydrogen-bond acceptors (Lipinski definition) is 2. The first-order valence-corrected chi connectivity index (χ1v) is 6.28. The molecule has 88 valence electrons. The van der Waals surface area contributed by atoms with Crippen molar-refractivity contribution in [3.63, 3.8) is 0 Å². The Labute approximate surface area is 102 Å². The predicted molar refractivity (Wildman–Crippen MR) is 70.1 cm³/mol. The number of rotatable bonds is 2. The van der Waals surface area contributed by atoms with E-state index in [1.54, 1.807) is 0 Å². The van der Waals surface area contributed by atoms with Gasteiger partial charge in [0.25, 0.3) is 0 Å². The summed E-state index contributed by atoms with van der Waals surface area (Å²) in [5.74, 6) is 0. The number of halogens is 1. The Balaban J connectivity index is 2.04. The highest BCUT2D eigenvalue weighted by Crippen LogP contribution is 2.27. The topological polar surface area (TPSA) is 29.3 Å². The Hall–Kier alpha value is -0.730. The van der Waals surface area contributed by atoms with Gasteiger partial charge in [0.2, 0.25) is 0 Å². The van der Waals surface area contributed by atoms with E-state index in [2.05, 4.69) is 18.0 Å². The van der Waals surface area contributed by atoms with Crippen molar-refractivity contribution in [1.29, 1.82) is 0 Å². The molecule has 0 spiro atoms. The van der Waals surface area contributed by atoms with Crippen molar-refractivity contribution in [3.05, 3.63) is 29.3 Å². The van der Waals surface area contributed by atoms with E-state index in [4.69, 9.17) is 17.3 Å². The fourth-order valence-corrected chi connectivity index (χ4v) is 2.58. The Morgan fingerprint density at radius 1 is 1.25 bits per heavy atom. The summed E-state index contributed by atoms with van der Waals surface area (Å²) in [7, 11) is 2.15. The van der Waals surface area contributed by atoms with E-state index in [-0.39, 0.29) is 0 Å². The van der Waals surface area contributed by atoms with Crippen molar-refractivity contribution in [2.24, 2.45) is 5.73 Å². The minimum Gasteiger partial charge on any atom is -0.372 e. The monoisotopic (exact) mass is 238 g/mol. The second-order valence-electron chi connectivity index (χ2n) is 4.66. The molecule has 0 unspecified atom stereocenters. The zero-order valence-electron chi connectivity index (χ0n) is 9.70. The molecule has 1 aliphatic carbocycles. The van der Waals surface area contributed by atoms with E-state index in [1.165, 1.54) is 18.5 Å². The highest BCUT2D eigenvalue weighted by Gasteiger charge is 2.22. The molecule has 0 radical (unpaired) electrons. The van der Waals surface area contributed by atoms with E-state index >= 15 is 0 Å². The number of benzene rings is 1. The molecular weight excluding hydrogens is 220 g/mol. The molecule has 1 fully saturated rings. The summed E-state index contributed by atoms with van der Waals surface area (Å²) >= 11 is 6.00. The quantitative estimate of drug-likeness (QED) is 0.858. The molecule has 3 heteroatoms. The van der Waals surface area contributed by atoms with Gasteiger partial charge in [0.1, 0.15) is 0 Å². The minimum atomic E-state index is 0.406. The third-order valence-corrected chi connectivity index (χ3v) is 3.74. The molecule has 0 bridgehead atoms. The van der Waals surface area contributed by atoms with E-state index < -0.39 is 0 Å². The van der Waals surface area contributed by atoms with Crippen molar-refractivity contribution in [2.45, 2.75) is 37.8 Å². The summed E-state index contributed by atoms with van der Waals surface area (Å²) in [6.45, 7) is 0. The molecule has 0 atom stereocenters. The van der Waals surface area contributed by atoms with E-state index in [1.807, 2.05) is 18.2 Å². The molecule has 1 aromatic rings. The normalized spacial score (nSPS) is 25.4. The van der Waals surface area contributed by atoms with Crippen LogP contribution in [0, 0.1) is 0 Å². The molecule has 0 heterocycles. The third kappa shape index (κ3) is 2.69. The van der Waals surface area contributed by atoms with Gasteiger partial charge in [-0.2, -0.15) is 0 Å². The van der Waals surface area contributed by atoms with Gasteiger partial charge in [-0.1, -0.05) is 17.7 Å². The number of anilines is 1. The maximum absolute atomic E-state index is 6.00. The van der Waals surface area contributed by atoms with Gasteiger partial charge in [0, 0.05) is 29.8 Å². The molecule has 1 aliphatic rings. The lowest BCUT2D eigenvalue weighted by atomic mass is 9.91. The van der Waals surface area contributed by atoms with Gasteiger partial charge >= 0.3 is 0 Å². The van der Waals surface area contributed by atoms with E-state index in [0.717, 1.165) is 17.9 Å².